The molecule has 2 rings (SSSR count). The van der Waals surface area contributed by atoms with E-state index in [-0.39, 0.29) is 0 Å². The minimum atomic E-state index is 1.34. The Morgan fingerprint density at radius 1 is 0.412 bits per heavy atom. The molecule has 0 aromatic heterocycles. The fourth-order valence-corrected chi connectivity index (χ4v) is 2.47. The molecule has 0 aliphatic heterocycles. The number of hydrogen-bond donors (Lipinski definition) is 0. The van der Waals surface area contributed by atoms with Crippen molar-refractivity contribution < 1.29 is 0 Å². The van der Waals surface area contributed by atoms with Crippen LogP contribution in [0.4, 0.5) is 0 Å². The van der Waals surface area contributed by atoms with E-state index in [2.05, 4.69) is 13.8 Å². The molecular formula is C17H36. The molecule has 2 saturated carbocycles. The van der Waals surface area contributed by atoms with Crippen molar-refractivity contribution in [3.05, 3.63) is 0 Å². The molecule has 104 valence electrons. The molecule has 0 heteroatoms. The van der Waals surface area contributed by atoms with Gasteiger partial charge in [0.1, 0.15) is 0 Å². The van der Waals surface area contributed by atoms with Gasteiger partial charge in [-0.25, -0.2) is 0 Å². The zero-order valence-electron chi connectivity index (χ0n) is 12.6. The highest BCUT2D eigenvalue weighted by molar-refractivity contribution is 4.51. The van der Waals surface area contributed by atoms with Gasteiger partial charge in [-0.15, -0.1) is 0 Å². The van der Waals surface area contributed by atoms with E-state index in [0.717, 1.165) is 0 Å². The van der Waals surface area contributed by atoms with Crippen LogP contribution in [0.3, 0.4) is 0 Å². The molecule has 2 fully saturated rings. The molecule has 0 unspecified atom stereocenters. The third-order valence-electron chi connectivity index (χ3n) is 3.71. The molecule has 0 amide bonds. The number of unbranched alkanes of at least 4 members (excludes halogenated alkanes) is 2. The van der Waals surface area contributed by atoms with Crippen molar-refractivity contribution in [1.82, 2.24) is 0 Å². The summed E-state index contributed by atoms with van der Waals surface area (Å²) in [6, 6.07) is 0. The summed E-state index contributed by atoms with van der Waals surface area (Å²) in [7, 11) is 0. The van der Waals surface area contributed by atoms with Crippen LogP contribution in [-0.2, 0) is 0 Å². The Kier molecular flexibility index (Phi) is 16.0. The summed E-state index contributed by atoms with van der Waals surface area (Å²) in [6.45, 7) is 4.42. The van der Waals surface area contributed by atoms with Gasteiger partial charge in [-0.2, -0.15) is 0 Å². The largest absolute Gasteiger partial charge is 0.0654 e. The first-order valence-electron chi connectivity index (χ1n) is 8.41. The van der Waals surface area contributed by atoms with Crippen molar-refractivity contribution in [3.8, 4) is 0 Å². The van der Waals surface area contributed by atoms with E-state index in [0.29, 0.717) is 0 Å². The summed E-state index contributed by atoms with van der Waals surface area (Å²) in [6.07, 6.45) is 22.1. The summed E-state index contributed by atoms with van der Waals surface area (Å²) in [5, 5.41) is 0. The molecule has 0 aromatic carbocycles. The minimum Gasteiger partial charge on any atom is -0.0654 e. The molecular weight excluding hydrogens is 204 g/mol. The summed E-state index contributed by atoms with van der Waals surface area (Å²) < 4.78 is 0. The lowest BCUT2D eigenvalue weighted by atomic mass is 10.0. The molecule has 0 heterocycles. The normalized spacial score (nSPS) is 19.4. The Labute approximate surface area is 111 Å². The van der Waals surface area contributed by atoms with E-state index in [4.69, 9.17) is 0 Å². The van der Waals surface area contributed by atoms with E-state index in [1.165, 1.54) is 96.3 Å². The summed E-state index contributed by atoms with van der Waals surface area (Å²) in [4.78, 5) is 0. The molecule has 0 nitrogen and oxygen atoms in total. The maximum absolute atomic E-state index is 2.21. The fourth-order valence-electron chi connectivity index (χ4n) is 2.47. The molecule has 0 N–H and O–H groups in total. The first-order valence-corrected chi connectivity index (χ1v) is 8.41. The van der Waals surface area contributed by atoms with Crippen molar-refractivity contribution in [2.75, 3.05) is 0 Å². The molecule has 0 bridgehead atoms. The van der Waals surface area contributed by atoms with Crippen LogP contribution in [0.2, 0.25) is 0 Å². The lowest BCUT2D eigenvalue weighted by Crippen LogP contribution is -1.85. The van der Waals surface area contributed by atoms with Crippen molar-refractivity contribution in [2.24, 2.45) is 0 Å². The highest BCUT2D eigenvalue weighted by Crippen LogP contribution is 2.15. The maximum Gasteiger partial charge on any atom is -0.0533 e. The molecule has 0 radical (unpaired) electrons. The Hall–Kier alpha value is 0. The van der Waals surface area contributed by atoms with Crippen LogP contribution in [0.5, 0.6) is 0 Å². The predicted octanol–water partition coefficient (Wildman–Crippen LogP) is 6.88. The highest BCUT2D eigenvalue weighted by atomic mass is 14.0. The van der Waals surface area contributed by atoms with Gasteiger partial charge in [-0.05, 0) is 0 Å². The zero-order chi connectivity index (χ0) is 12.6. The van der Waals surface area contributed by atoms with E-state index in [9.17, 15) is 0 Å². The van der Waals surface area contributed by atoms with Crippen LogP contribution in [0, 0.1) is 0 Å². The maximum atomic E-state index is 2.21. The Bertz CT molecular complexity index is 72.2. The lowest BCUT2D eigenvalue weighted by molar-refractivity contribution is 0.504. The van der Waals surface area contributed by atoms with Crippen LogP contribution >= 0.6 is 0 Å². The third kappa shape index (κ3) is 16.0. The van der Waals surface area contributed by atoms with Crippen molar-refractivity contribution in [1.29, 1.82) is 0 Å². The fraction of sp³-hybridized carbons (Fsp3) is 1.00. The van der Waals surface area contributed by atoms with E-state index in [1.807, 2.05) is 0 Å². The van der Waals surface area contributed by atoms with Gasteiger partial charge in [-0.1, -0.05) is 110 Å². The van der Waals surface area contributed by atoms with Crippen molar-refractivity contribution in [2.45, 2.75) is 110 Å². The van der Waals surface area contributed by atoms with E-state index in [1.54, 1.807) is 0 Å². The van der Waals surface area contributed by atoms with Crippen molar-refractivity contribution in [3.63, 3.8) is 0 Å². The van der Waals surface area contributed by atoms with Gasteiger partial charge < -0.3 is 0 Å². The first kappa shape index (κ1) is 17.0. The second-order valence-corrected chi connectivity index (χ2v) is 5.60. The monoisotopic (exact) mass is 240 g/mol. The summed E-state index contributed by atoms with van der Waals surface area (Å²) in [5.41, 5.74) is 0. The summed E-state index contributed by atoms with van der Waals surface area (Å²) >= 11 is 0. The highest BCUT2D eigenvalue weighted by Gasteiger charge is 1.96. The smallest absolute Gasteiger partial charge is 0.0533 e. The standard InChI is InChI=1S/2C6H12.C5H12/c2*1-2-4-6-5-3-1;1-3-5-4-2/h2*1-6H2;3-5H2,1-2H3. The lowest BCUT2D eigenvalue weighted by Gasteiger charge is -2.05. The molecule has 0 atom stereocenters. The van der Waals surface area contributed by atoms with Gasteiger partial charge in [-0.3, -0.25) is 0 Å². The first-order chi connectivity index (χ1) is 8.41. The summed E-state index contributed by atoms with van der Waals surface area (Å²) in [5.74, 6) is 0. The Morgan fingerprint density at radius 2 is 0.588 bits per heavy atom. The second-order valence-electron chi connectivity index (χ2n) is 5.60. The van der Waals surface area contributed by atoms with Gasteiger partial charge in [0.15, 0.2) is 0 Å². The average molecular weight is 240 g/mol. The van der Waals surface area contributed by atoms with Gasteiger partial charge in [0, 0.05) is 0 Å². The Morgan fingerprint density at radius 3 is 0.647 bits per heavy atom. The van der Waals surface area contributed by atoms with Gasteiger partial charge in [0.2, 0.25) is 0 Å². The van der Waals surface area contributed by atoms with Gasteiger partial charge >= 0.3 is 0 Å². The van der Waals surface area contributed by atoms with Crippen molar-refractivity contribution >= 4 is 0 Å². The zero-order valence-corrected chi connectivity index (χ0v) is 12.6. The van der Waals surface area contributed by atoms with Crippen LogP contribution < -0.4 is 0 Å². The molecule has 0 spiro atoms. The van der Waals surface area contributed by atoms with Crippen LogP contribution in [0.1, 0.15) is 110 Å². The Balaban J connectivity index is 0.000000228. The molecule has 2 aliphatic carbocycles. The molecule has 17 heavy (non-hydrogen) atoms. The number of rotatable bonds is 2. The van der Waals surface area contributed by atoms with Crippen LogP contribution in [-0.4, -0.2) is 0 Å². The minimum absolute atomic E-state index is 1.34. The van der Waals surface area contributed by atoms with Crippen LogP contribution in [0.15, 0.2) is 0 Å². The van der Waals surface area contributed by atoms with E-state index < -0.39 is 0 Å². The molecule has 2 aliphatic rings. The van der Waals surface area contributed by atoms with Gasteiger partial charge in [0.05, 0.1) is 0 Å². The van der Waals surface area contributed by atoms with Crippen LogP contribution in [0.25, 0.3) is 0 Å². The average Bonchev–Trinajstić information content (AvgIpc) is 2.45. The topological polar surface area (TPSA) is 0 Å². The van der Waals surface area contributed by atoms with Gasteiger partial charge in [0.25, 0.3) is 0 Å². The second kappa shape index (κ2) is 16.0. The molecule has 0 saturated heterocycles. The van der Waals surface area contributed by atoms with E-state index >= 15 is 0 Å². The quantitative estimate of drug-likeness (QED) is 0.493. The predicted molar refractivity (Wildman–Crippen MR) is 80.6 cm³/mol. The SMILES string of the molecule is C1CCCCC1.C1CCCCC1.CCCCC. The third-order valence-corrected chi connectivity index (χ3v) is 3.71. The molecule has 0 aromatic rings. The number of hydrogen-bond acceptors (Lipinski definition) is 0.